The van der Waals surface area contributed by atoms with Crippen molar-refractivity contribution in [2.75, 3.05) is 38.7 Å². The smallest absolute Gasteiger partial charge is 0.128 e. The van der Waals surface area contributed by atoms with Crippen LogP contribution in [0.2, 0.25) is 0 Å². The summed E-state index contributed by atoms with van der Waals surface area (Å²) < 4.78 is 19.9. The third kappa shape index (κ3) is 13.2. The maximum Gasteiger partial charge on any atom is 0.128 e. The summed E-state index contributed by atoms with van der Waals surface area (Å²) >= 11 is 0. The van der Waals surface area contributed by atoms with E-state index in [9.17, 15) is 14.3 Å². The standard InChI is InChI=1S/C31H43FN4O3.CH4O.CH2O/c1-9-29(22(3)30(35-31(6,7)8)23(4)39-17-16-38)36-14-12-26(21(2)20-36)19-33-24(5)34-27-11-10-25(13-15-37)28(32)18-27;2*1-2/h9-11,15,18-19,35,38H,1-2,12-14,16-17,20H2,3-8H3,(H,33,34);2H,1H3;1H2/b26-19-,29-22+,30-23-;;. The lowest BCUT2D eigenvalue weighted by molar-refractivity contribution is -0.107. The maximum atomic E-state index is 14.1. The van der Waals surface area contributed by atoms with Crippen LogP contribution in [0.3, 0.4) is 0 Å². The number of anilines is 1. The van der Waals surface area contributed by atoms with Gasteiger partial charge >= 0.3 is 0 Å². The predicted molar refractivity (Wildman–Crippen MR) is 173 cm³/mol. The molecule has 1 aromatic rings. The van der Waals surface area contributed by atoms with Crippen LogP contribution < -0.4 is 10.6 Å². The van der Waals surface area contributed by atoms with Crippen molar-refractivity contribution in [3.05, 3.63) is 88.9 Å². The number of carbonyl (C=O) groups is 2. The number of likely N-dealkylation sites (tertiary alicyclic amines) is 1. The second-order valence-electron chi connectivity index (χ2n) is 10.5. The lowest BCUT2D eigenvalue weighted by Crippen LogP contribution is -2.38. The zero-order valence-electron chi connectivity index (χ0n) is 26.7. The number of aliphatic imine (C=N–C) groups is 1. The molecular weight excluding hydrogens is 551 g/mol. The second-order valence-corrected chi connectivity index (χ2v) is 10.5. The quantitative estimate of drug-likeness (QED) is 0.0915. The van der Waals surface area contributed by atoms with Gasteiger partial charge in [-0.1, -0.05) is 19.2 Å². The number of amidine groups is 1. The molecule has 4 N–H and O–H groups in total. The van der Waals surface area contributed by atoms with Crippen molar-refractivity contribution < 1.29 is 28.9 Å². The lowest BCUT2D eigenvalue weighted by Gasteiger charge is -2.35. The first kappa shape index (κ1) is 39.0. The van der Waals surface area contributed by atoms with Gasteiger partial charge in [0.15, 0.2) is 0 Å². The van der Waals surface area contributed by atoms with E-state index < -0.39 is 5.82 Å². The van der Waals surface area contributed by atoms with Crippen LogP contribution in [0.1, 0.15) is 53.5 Å². The minimum Gasteiger partial charge on any atom is -0.494 e. The molecule has 238 valence electrons. The molecule has 0 aliphatic carbocycles. The minimum atomic E-state index is -0.425. The summed E-state index contributed by atoms with van der Waals surface area (Å²) in [4.78, 5) is 25.4. The number of carbonyl (C=O) groups excluding carboxylic acids is 2. The number of aldehydes is 1. The fourth-order valence-corrected chi connectivity index (χ4v) is 4.24. The van der Waals surface area contributed by atoms with E-state index in [4.69, 9.17) is 14.6 Å². The summed E-state index contributed by atoms with van der Waals surface area (Å²) in [5.74, 6) is 0.901. The molecule has 2 rings (SSSR count). The van der Waals surface area contributed by atoms with Crippen LogP contribution >= 0.6 is 0 Å². The fraction of sp³-hybridized carbons (Fsp3) is 0.424. The first-order valence-corrected chi connectivity index (χ1v) is 13.9. The van der Waals surface area contributed by atoms with Crippen LogP contribution in [0.25, 0.3) is 0 Å². The van der Waals surface area contributed by atoms with Crippen molar-refractivity contribution in [2.24, 2.45) is 4.99 Å². The number of halogens is 1. The molecule has 43 heavy (non-hydrogen) atoms. The average molecular weight is 601 g/mol. The Labute approximate surface area is 256 Å². The fourth-order valence-electron chi connectivity index (χ4n) is 4.24. The molecule has 0 amide bonds. The summed E-state index contributed by atoms with van der Waals surface area (Å²) in [5.41, 5.74) is 5.60. The highest BCUT2D eigenvalue weighted by Gasteiger charge is 2.23. The van der Waals surface area contributed by atoms with Gasteiger partial charge in [-0.3, -0.25) is 0 Å². The number of aliphatic hydroxyl groups is 2. The Hall–Kier alpha value is -4.02. The molecule has 0 spiro atoms. The zero-order chi connectivity index (χ0) is 33.2. The summed E-state index contributed by atoms with van der Waals surface area (Å²) in [6.07, 6.45) is 5.15. The van der Waals surface area contributed by atoms with Crippen molar-refractivity contribution in [3.8, 4) is 0 Å². The molecule has 1 aromatic carbocycles. The largest absolute Gasteiger partial charge is 0.494 e. The van der Waals surface area contributed by atoms with Gasteiger partial charge in [0.25, 0.3) is 0 Å². The highest BCUT2D eigenvalue weighted by Crippen LogP contribution is 2.28. The third-order valence-electron chi connectivity index (χ3n) is 6.14. The van der Waals surface area contributed by atoms with Crippen LogP contribution in [0.4, 0.5) is 10.1 Å². The normalized spacial score (nSPS) is 15.6. The molecular formula is C33H49FN4O5. The average Bonchev–Trinajstić information content (AvgIpc) is 2.97. The van der Waals surface area contributed by atoms with Crippen molar-refractivity contribution >= 4 is 24.6 Å². The van der Waals surface area contributed by atoms with E-state index in [0.717, 1.165) is 48.2 Å². The Bertz CT molecular complexity index is 1210. The molecule has 1 fully saturated rings. The van der Waals surface area contributed by atoms with Crippen molar-refractivity contribution in [1.29, 1.82) is 0 Å². The van der Waals surface area contributed by atoms with Crippen LogP contribution in [-0.2, 0) is 20.7 Å². The lowest BCUT2D eigenvalue weighted by atomic mass is 9.98. The van der Waals surface area contributed by atoms with E-state index >= 15 is 0 Å². The number of aliphatic hydroxyl groups excluding tert-OH is 2. The molecule has 0 bridgehead atoms. The van der Waals surface area contributed by atoms with Crippen molar-refractivity contribution in [1.82, 2.24) is 10.2 Å². The molecule has 1 aliphatic rings. The summed E-state index contributed by atoms with van der Waals surface area (Å²) in [6.45, 7) is 23.9. The van der Waals surface area contributed by atoms with Crippen LogP contribution in [-0.4, -0.2) is 73.0 Å². The molecule has 0 atom stereocenters. The number of benzene rings is 1. The number of nitrogens with one attached hydrogen (secondary N) is 2. The first-order chi connectivity index (χ1) is 20.4. The van der Waals surface area contributed by atoms with Gasteiger partial charge in [0.2, 0.25) is 0 Å². The van der Waals surface area contributed by atoms with E-state index in [0.29, 0.717) is 35.7 Å². The summed E-state index contributed by atoms with van der Waals surface area (Å²) in [5, 5.41) is 22.9. The van der Waals surface area contributed by atoms with Gasteiger partial charge in [-0.15, -0.1) is 0 Å². The monoisotopic (exact) mass is 600 g/mol. The number of rotatable bonds is 11. The Balaban J connectivity index is 0.00000422. The van der Waals surface area contributed by atoms with E-state index in [1.807, 2.05) is 39.8 Å². The van der Waals surface area contributed by atoms with Gasteiger partial charge in [0.1, 0.15) is 37.1 Å². The summed E-state index contributed by atoms with van der Waals surface area (Å²) in [7, 11) is 1.00. The summed E-state index contributed by atoms with van der Waals surface area (Å²) in [6, 6.07) is 4.69. The second kappa shape index (κ2) is 20.0. The van der Waals surface area contributed by atoms with Gasteiger partial charge in [-0.2, -0.15) is 0 Å². The molecule has 10 heteroatoms. The van der Waals surface area contributed by atoms with E-state index in [-0.39, 0.29) is 25.2 Å². The Morgan fingerprint density at radius 1 is 1.21 bits per heavy atom. The van der Waals surface area contributed by atoms with Crippen molar-refractivity contribution in [2.45, 2.75) is 59.9 Å². The highest BCUT2D eigenvalue weighted by atomic mass is 19.1. The molecule has 1 heterocycles. The Morgan fingerprint density at radius 3 is 2.37 bits per heavy atom. The van der Waals surface area contributed by atoms with Gasteiger partial charge in [-0.25, -0.2) is 9.38 Å². The van der Waals surface area contributed by atoms with Crippen LogP contribution in [0.5, 0.6) is 0 Å². The molecule has 0 aromatic heterocycles. The molecule has 0 saturated carbocycles. The molecule has 1 saturated heterocycles. The number of piperidine rings is 1. The number of ether oxygens (including phenoxy) is 1. The number of nitrogens with zero attached hydrogens (tertiary/aromatic N) is 2. The number of hydrogen-bond acceptors (Lipinski definition) is 8. The first-order valence-electron chi connectivity index (χ1n) is 13.9. The minimum absolute atomic E-state index is 0.0501. The van der Waals surface area contributed by atoms with Gasteiger partial charge in [0.05, 0.1) is 12.3 Å². The molecule has 9 nitrogen and oxygen atoms in total. The third-order valence-corrected chi connectivity index (χ3v) is 6.14. The molecule has 0 radical (unpaired) electrons. The Morgan fingerprint density at radius 2 is 1.86 bits per heavy atom. The van der Waals surface area contributed by atoms with E-state index in [2.05, 4.69) is 54.5 Å². The van der Waals surface area contributed by atoms with Gasteiger partial charge in [-0.05, 0) is 88.5 Å². The maximum absolute atomic E-state index is 14.1. The predicted octanol–water partition coefficient (Wildman–Crippen LogP) is 5.06. The molecule has 0 unspecified atom stereocenters. The van der Waals surface area contributed by atoms with E-state index in [1.165, 1.54) is 6.07 Å². The van der Waals surface area contributed by atoms with Crippen LogP contribution in [0.15, 0.2) is 82.5 Å². The topological polar surface area (TPSA) is 123 Å². The van der Waals surface area contributed by atoms with E-state index in [1.54, 1.807) is 12.1 Å². The Kier molecular flexibility index (Phi) is 18.1. The SMILES string of the molecule is C=C/C(=C(C)\C(NC(C)(C)C)=C(/C)OCCO)N1CC/C(=C/N=C(C)Nc2ccc(CC=O)c(F)c2)C(=C)C1.C=O.CO. The number of hydrogen-bond donors (Lipinski definition) is 4. The van der Waals surface area contributed by atoms with Gasteiger partial charge in [0, 0.05) is 49.7 Å². The number of allylic oxidation sites excluding steroid dienone is 3. The molecule has 1 aliphatic heterocycles. The van der Waals surface area contributed by atoms with Crippen LogP contribution in [0, 0.1) is 5.82 Å². The van der Waals surface area contributed by atoms with Gasteiger partial charge < -0.3 is 40.1 Å². The zero-order valence-corrected chi connectivity index (χ0v) is 26.7. The highest BCUT2D eigenvalue weighted by molar-refractivity contribution is 5.94. The van der Waals surface area contributed by atoms with Crippen molar-refractivity contribution in [3.63, 3.8) is 0 Å².